The van der Waals surface area contributed by atoms with E-state index in [2.05, 4.69) is 17.4 Å². The lowest BCUT2D eigenvalue weighted by atomic mass is 10.2. The van der Waals surface area contributed by atoms with Gasteiger partial charge in [-0.2, -0.15) is 0 Å². The molecule has 2 aromatic carbocycles. The van der Waals surface area contributed by atoms with Crippen molar-refractivity contribution in [3.05, 3.63) is 59.9 Å². The molecule has 1 N–H and O–H groups in total. The fraction of sp³-hybridized carbons (Fsp3) is 0.250. The van der Waals surface area contributed by atoms with Crippen molar-refractivity contribution >= 4 is 11.8 Å². The Kier molecular flexibility index (Phi) is 3.85. The Labute approximate surface area is 117 Å². The molecule has 3 rings (SSSR count). The van der Waals surface area contributed by atoms with Gasteiger partial charge in [-0.1, -0.05) is 42.1 Å². The van der Waals surface area contributed by atoms with E-state index in [1.165, 1.54) is 36.2 Å². The first-order chi connectivity index (χ1) is 9.33. The Balaban J connectivity index is 1.77. The van der Waals surface area contributed by atoms with E-state index in [9.17, 15) is 4.39 Å². The van der Waals surface area contributed by atoms with Gasteiger partial charge < -0.3 is 5.32 Å². The molecule has 0 unspecified atom stereocenters. The molecule has 0 aliphatic heterocycles. The van der Waals surface area contributed by atoms with Crippen molar-refractivity contribution in [3.63, 3.8) is 0 Å². The molecule has 0 spiro atoms. The number of hydrogen-bond donors (Lipinski definition) is 1. The molecule has 1 saturated carbocycles. The van der Waals surface area contributed by atoms with Crippen molar-refractivity contribution in [3.8, 4) is 0 Å². The monoisotopic (exact) mass is 273 g/mol. The lowest BCUT2D eigenvalue weighted by Gasteiger charge is -2.10. The maximum absolute atomic E-state index is 13.7. The van der Waals surface area contributed by atoms with Crippen LogP contribution in [0.1, 0.15) is 18.4 Å². The van der Waals surface area contributed by atoms with Gasteiger partial charge in [-0.3, -0.25) is 0 Å². The third-order valence-corrected chi connectivity index (χ3v) is 4.36. The minimum atomic E-state index is -0.155. The topological polar surface area (TPSA) is 12.0 Å². The van der Waals surface area contributed by atoms with E-state index >= 15 is 0 Å². The average Bonchev–Trinajstić information content (AvgIpc) is 3.24. The third-order valence-electron chi connectivity index (χ3n) is 3.19. The summed E-state index contributed by atoms with van der Waals surface area (Å²) < 4.78 is 13.7. The summed E-state index contributed by atoms with van der Waals surface area (Å²) in [6.07, 6.45) is 2.56. The summed E-state index contributed by atoms with van der Waals surface area (Å²) in [5.74, 6) is -0.155. The number of nitrogens with one attached hydrogen (secondary N) is 1. The van der Waals surface area contributed by atoms with Crippen LogP contribution >= 0.6 is 11.8 Å². The highest BCUT2D eigenvalue weighted by molar-refractivity contribution is 7.99. The second-order valence-electron chi connectivity index (χ2n) is 4.80. The van der Waals surface area contributed by atoms with E-state index in [1.54, 1.807) is 6.07 Å². The van der Waals surface area contributed by atoms with Gasteiger partial charge in [-0.05, 0) is 36.6 Å². The maximum atomic E-state index is 13.7. The zero-order valence-corrected chi connectivity index (χ0v) is 11.4. The van der Waals surface area contributed by atoms with Gasteiger partial charge in [0.25, 0.3) is 0 Å². The molecular formula is C16H16FNS. The van der Waals surface area contributed by atoms with Crippen LogP contribution in [-0.4, -0.2) is 6.04 Å². The molecule has 3 heteroatoms. The van der Waals surface area contributed by atoms with Crippen molar-refractivity contribution in [2.45, 2.75) is 35.2 Å². The standard InChI is InChI=1S/C16H16FNS/c17-14-6-2-4-8-16(14)19-15-7-3-1-5-12(15)11-18-13-9-10-13/h1-8,13,18H,9-11H2. The Bertz CT molecular complexity index is 566. The lowest BCUT2D eigenvalue weighted by Crippen LogP contribution is -2.15. The third kappa shape index (κ3) is 3.37. The molecule has 0 bridgehead atoms. The normalized spacial score (nSPS) is 14.6. The number of halogens is 1. The molecule has 98 valence electrons. The van der Waals surface area contributed by atoms with Crippen LogP contribution in [0.25, 0.3) is 0 Å². The van der Waals surface area contributed by atoms with Crippen LogP contribution < -0.4 is 5.32 Å². The van der Waals surface area contributed by atoms with Crippen LogP contribution in [0.2, 0.25) is 0 Å². The van der Waals surface area contributed by atoms with Gasteiger partial charge in [-0.15, -0.1) is 0 Å². The molecule has 19 heavy (non-hydrogen) atoms. The molecule has 1 aliphatic rings. The van der Waals surface area contributed by atoms with E-state index in [4.69, 9.17) is 0 Å². The molecule has 2 aromatic rings. The van der Waals surface area contributed by atoms with Gasteiger partial charge in [0.1, 0.15) is 5.82 Å². The Morgan fingerprint density at radius 2 is 1.68 bits per heavy atom. The Hall–Kier alpha value is -1.32. The van der Waals surface area contributed by atoms with Gasteiger partial charge >= 0.3 is 0 Å². The molecule has 0 amide bonds. The fourth-order valence-electron chi connectivity index (χ4n) is 1.94. The van der Waals surface area contributed by atoms with Crippen molar-refractivity contribution in [2.75, 3.05) is 0 Å². The fourth-order valence-corrected chi connectivity index (χ4v) is 2.90. The summed E-state index contributed by atoms with van der Waals surface area (Å²) in [7, 11) is 0. The van der Waals surface area contributed by atoms with Crippen LogP contribution in [0.15, 0.2) is 58.3 Å². The molecule has 1 fully saturated rings. The van der Waals surface area contributed by atoms with Crippen LogP contribution in [0, 0.1) is 5.82 Å². The molecule has 1 nitrogen and oxygen atoms in total. The van der Waals surface area contributed by atoms with Crippen molar-refractivity contribution in [1.29, 1.82) is 0 Å². The van der Waals surface area contributed by atoms with E-state index in [-0.39, 0.29) is 5.82 Å². The molecule has 0 radical (unpaired) electrons. The summed E-state index contributed by atoms with van der Waals surface area (Å²) in [5, 5.41) is 3.51. The van der Waals surface area contributed by atoms with Gasteiger partial charge in [0.05, 0.1) is 0 Å². The van der Waals surface area contributed by atoms with E-state index in [0.717, 1.165) is 11.4 Å². The smallest absolute Gasteiger partial charge is 0.137 e. The zero-order chi connectivity index (χ0) is 13.1. The average molecular weight is 273 g/mol. The molecule has 0 saturated heterocycles. The molecule has 0 atom stereocenters. The van der Waals surface area contributed by atoms with Crippen molar-refractivity contribution in [1.82, 2.24) is 5.32 Å². The van der Waals surface area contributed by atoms with Gasteiger partial charge in [0, 0.05) is 22.4 Å². The zero-order valence-electron chi connectivity index (χ0n) is 10.6. The second-order valence-corrected chi connectivity index (χ2v) is 5.88. The van der Waals surface area contributed by atoms with Crippen LogP contribution in [0.3, 0.4) is 0 Å². The largest absolute Gasteiger partial charge is 0.310 e. The first-order valence-electron chi connectivity index (χ1n) is 6.56. The minimum absolute atomic E-state index is 0.155. The van der Waals surface area contributed by atoms with Gasteiger partial charge in [0.2, 0.25) is 0 Å². The number of hydrogen-bond acceptors (Lipinski definition) is 2. The molecule has 1 aliphatic carbocycles. The van der Waals surface area contributed by atoms with E-state index in [0.29, 0.717) is 10.9 Å². The number of benzene rings is 2. The SMILES string of the molecule is Fc1ccccc1Sc1ccccc1CNC1CC1. The summed E-state index contributed by atoms with van der Waals surface area (Å²) in [6, 6.07) is 15.8. The molecular weight excluding hydrogens is 257 g/mol. The lowest BCUT2D eigenvalue weighted by molar-refractivity contribution is 0.602. The minimum Gasteiger partial charge on any atom is -0.310 e. The Morgan fingerprint density at radius 3 is 2.42 bits per heavy atom. The molecule has 0 aromatic heterocycles. The predicted molar refractivity (Wildman–Crippen MR) is 76.8 cm³/mol. The van der Waals surface area contributed by atoms with Crippen molar-refractivity contribution < 1.29 is 4.39 Å². The summed E-state index contributed by atoms with van der Waals surface area (Å²) >= 11 is 1.50. The Morgan fingerprint density at radius 1 is 1.00 bits per heavy atom. The maximum Gasteiger partial charge on any atom is 0.137 e. The van der Waals surface area contributed by atoms with Gasteiger partial charge in [0.15, 0.2) is 0 Å². The summed E-state index contributed by atoms with van der Waals surface area (Å²) in [5.41, 5.74) is 1.24. The second kappa shape index (κ2) is 5.76. The first kappa shape index (κ1) is 12.7. The number of rotatable bonds is 5. The quantitative estimate of drug-likeness (QED) is 0.875. The summed E-state index contributed by atoms with van der Waals surface area (Å²) in [6.45, 7) is 0.863. The first-order valence-corrected chi connectivity index (χ1v) is 7.38. The predicted octanol–water partition coefficient (Wildman–Crippen LogP) is 4.23. The summed E-state index contributed by atoms with van der Waals surface area (Å²) in [4.78, 5) is 1.81. The highest BCUT2D eigenvalue weighted by Gasteiger charge is 2.20. The van der Waals surface area contributed by atoms with Gasteiger partial charge in [-0.25, -0.2) is 4.39 Å². The highest BCUT2D eigenvalue weighted by atomic mass is 32.2. The highest BCUT2D eigenvalue weighted by Crippen LogP contribution is 2.32. The van der Waals surface area contributed by atoms with E-state index in [1.807, 2.05) is 24.3 Å². The van der Waals surface area contributed by atoms with E-state index < -0.39 is 0 Å². The van der Waals surface area contributed by atoms with Crippen LogP contribution in [0.4, 0.5) is 4.39 Å². The van der Waals surface area contributed by atoms with Crippen LogP contribution in [0.5, 0.6) is 0 Å². The molecule has 0 heterocycles. The van der Waals surface area contributed by atoms with Crippen LogP contribution in [-0.2, 0) is 6.54 Å². The van der Waals surface area contributed by atoms with Crippen molar-refractivity contribution in [2.24, 2.45) is 0 Å².